The van der Waals surface area contributed by atoms with Gasteiger partial charge in [0, 0.05) is 0 Å². The van der Waals surface area contributed by atoms with Gasteiger partial charge in [0.1, 0.15) is 0 Å². The van der Waals surface area contributed by atoms with Crippen LogP contribution in [0.15, 0.2) is 24.3 Å². The fraction of sp³-hybridized carbons (Fsp3) is 0.667. The zero-order valence-electron chi connectivity index (χ0n) is 15.5. The maximum Gasteiger partial charge on any atom is 0.346 e. The van der Waals surface area contributed by atoms with Gasteiger partial charge in [-0.3, -0.25) is 9.12 Å². The van der Waals surface area contributed by atoms with Crippen LogP contribution < -0.4 is 0 Å². The predicted molar refractivity (Wildman–Crippen MR) is 104 cm³/mol. The van der Waals surface area contributed by atoms with Crippen LogP contribution in [0.2, 0.25) is 0 Å². The van der Waals surface area contributed by atoms with E-state index in [1.54, 1.807) is 0 Å². The molecule has 0 heterocycles. The monoisotopic (exact) mass is 406 g/mol. The van der Waals surface area contributed by atoms with Gasteiger partial charge in [-0.2, -0.15) is 8.42 Å². The van der Waals surface area contributed by atoms with Gasteiger partial charge in [0.2, 0.25) is 0 Å². The van der Waals surface area contributed by atoms with E-state index in [9.17, 15) is 13.0 Å². The summed E-state index contributed by atoms with van der Waals surface area (Å²) in [7, 11) is -9.60. The van der Waals surface area contributed by atoms with Gasteiger partial charge in [-0.1, -0.05) is 63.8 Å². The third-order valence-electron chi connectivity index (χ3n) is 4.60. The van der Waals surface area contributed by atoms with Gasteiger partial charge in [-0.15, -0.1) is 0 Å². The summed E-state index contributed by atoms with van der Waals surface area (Å²) in [6.45, 7) is 4.28. The lowest BCUT2D eigenvalue weighted by molar-refractivity contribution is 0.358. The molecule has 0 amide bonds. The van der Waals surface area contributed by atoms with Crippen molar-refractivity contribution in [3.63, 3.8) is 0 Å². The van der Waals surface area contributed by atoms with Gasteiger partial charge >= 0.3 is 7.60 Å². The molecular formula is C18H31O6PS. The molecule has 0 aliphatic carbocycles. The molecule has 0 bridgehead atoms. The Kier molecular flexibility index (Phi) is 9.48. The smallest absolute Gasteiger partial charge is 0.323 e. The van der Waals surface area contributed by atoms with E-state index in [4.69, 9.17) is 14.3 Å². The van der Waals surface area contributed by atoms with E-state index in [1.807, 2.05) is 0 Å². The number of rotatable bonds is 12. The Balaban J connectivity index is 2.34. The zero-order valence-corrected chi connectivity index (χ0v) is 17.3. The number of benzene rings is 1. The summed E-state index contributed by atoms with van der Waals surface area (Å²) >= 11 is 0. The average molecular weight is 406 g/mol. The number of aryl methyl sites for hydroxylation is 2. The molecule has 26 heavy (non-hydrogen) atoms. The van der Waals surface area contributed by atoms with Gasteiger partial charge < -0.3 is 9.79 Å². The summed E-state index contributed by atoms with van der Waals surface area (Å²) in [5.41, 5.74) is 2.65. The van der Waals surface area contributed by atoms with Crippen molar-refractivity contribution in [2.24, 2.45) is 5.92 Å². The third kappa shape index (κ3) is 8.78. The SMILES string of the molecule is CCCc1ccc(CCC(C)CCCCC(P(=O)(O)O)S(=O)(=O)O)cc1. The van der Waals surface area contributed by atoms with Crippen molar-refractivity contribution in [3.05, 3.63) is 35.4 Å². The van der Waals surface area contributed by atoms with Crippen LogP contribution in [0.1, 0.15) is 63.5 Å². The quantitative estimate of drug-likeness (QED) is 0.273. The lowest BCUT2D eigenvalue weighted by atomic mass is 9.95. The molecule has 2 atom stereocenters. The molecule has 2 unspecified atom stereocenters. The zero-order chi connectivity index (χ0) is 19.8. The standard InChI is InChI=1S/C18H31O6PS/c1-3-6-16-11-13-17(14-12-16)10-9-15(2)7-4-5-8-18(25(19,20)21)26(22,23)24/h11-15,18H,3-10H2,1-2H3,(H2,19,20,21)(H,22,23,24). The van der Waals surface area contributed by atoms with E-state index in [-0.39, 0.29) is 6.42 Å². The number of unbranched alkanes of at least 4 members (excludes halogenated alkanes) is 1. The fourth-order valence-electron chi connectivity index (χ4n) is 3.02. The second-order valence-electron chi connectivity index (χ2n) is 7.05. The Hall–Kier alpha value is -0.720. The molecule has 0 fully saturated rings. The highest BCUT2D eigenvalue weighted by molar-refractivity contribution is 7.93. The van der Waals surface area contributed by atoms with Gasteiger partial charge in [0.25, 0.3) is 10.1 Å². The molecule has 0 aliphatic rings. The van der Waals surface area contributed by atoms with E-state index in [2.05, 4.69) is 38.1 Å². The van der Waals surface area contributed by atoms with Crippen LogP contribution in [0, 0.1) is 5.92 Å². The summed E-state index contributed by atoms with van der Waals surface area (Å²) in [6.07, 6.45) is 5.86. The van der Waals surface area contributed by atoms with Crippen molar-refractivity contribution in [2.45, 2.75) is 70.2 Å². The van der Waals surface area contributed by atoms with E-state index in [0.717, 1.165) is 32.1 Å². The van der Waals surface area contributed by atoms with Gasteiger partial charge in [-0.05, 0) is 42.7 Å². The average Bonchev–Trinajstić information content (AvgIpc) is 2.51. The van der Waals surface area contributed by atoms with Crippen molar-refractivity contribution >= 4 is 17.7 Å². The normalized spacial score (nSPS) is 15.0. The molecule has 0 aromatic heterocycles. The van der Waals surface area contributed by atoms with Crippen molar-refractivity contribution in [3.8, 4) is 0 Å². The molecule has 6 nitrogen and oxygen atoms in total. The summed E-state index contributed by atoms with van der Waals surface area (Å²) in [6, 6.07) is 8.66. The van der Waals surface area contributed by atoms with Crippen LogP contribution in [0.25, 0.3) is 0 Å². The Morgan fingerprint density at radius 2 is 1.46 bits per heavy atom. The first-order valence-electron chi connectivity index (χ1n) is 9.13. The van der Waals surface area contributed by atoms with E-state index in [1.165, 1.54) is 11.1 Å². The molecule has 0 saturated carbocycles. The molecule has 1 rings (SSSR count). The molecule has 1 aromatic rings. The highest BCUT2D eigenvalue weighted by Crippen LogP contribution is 2.46. The highest BCUT2D eigenvalue weighted by Gasteiger charge is 2.38. The Bertz CT molecular complexity index is 680. The summed E-state index contributed by atoms with van der Waals surface area (Å²) in [4.78, 5) is 16.1. The Morgan fingerprint density at radius 1 is 0.962 bits per heavy atom. The summed E-state index contributed by atoms with van der Waals surface area (Å²) < 4.78 is 42.3. The summed E-state index contributed by atoms with van der Waals surface area (Å²) in [5, 5.41) is 0. The molecule has 0 radical (unpaired) electrons. The molecule has 0 spiro atoms. The van der Waals surface area contributed by atoms with Crippen LogP contribution in [-0.2, 0) is 27.5 Å². The van der Waals surface area contributed by atoms with Crippen LogP contribution in [0.5, 0.6) is 0 Å². The van der Waals surface area contributed by atoms with Gasteiger partial charge in [-0.25, -0.2) is 0 Å². The predicted octanol–water partition coefficient (Wildman–Crippen LogP) is 4.16. The van der Waals surface area contributed by atoms with E-state index >= 15 is 0 Å². The topological polar surface area (TPSA) is 112 Å². The minimum Gasteiger partial charge on any atom is -0.323 e. The van der Waals surface area contributed by atoms with Crippen LogP contribution in [-0.4, -0.2) is 27.7 Å². The molecular weight excluding hydrogens is 375 g/mol. The summed E-state index contributed by atoms with van der Waals surface area (Å²) in [5.74, 6) is 0.435. The first-order valence-corrected chi connectivity index (χ1v) is 12.3. The van der Waals surface area contributed by atoms with E-state index < -0.39 is 22.7 Å². The van der Waals surface area contributed by atoms with Crippen LogP contribution >= 0.6 is 7.60 Å². The third-order valence-corrected chi connectivity index (χ3v) is 8.16. The molecule has 0 saturated heterocycles. The molecule has 150 valence electrons. The van der Waals surface area contributed by atoms with Crippen LogP contribution in [0.3, 0.4) is 0 Å². The van der Waals surface area contributed by atoms with Crippen molar-refractivity contribution in [1.29, 1.82) is 0 Å². The molecule has 1 aromatic carbocycles. The van der Waals surface area contributed by atoms with Crippen molar-refractivity contribution < 1.29 is 27.3 Å². The lowest BCUT2D eigenvalue weighted by Crippen LogP contribution is -2.20. The largest absolute Gasteiger partial charge is 0.346 e. The second-order valence-corrected chi connectivity index (χ2v) is 10.8. The maximum atomic E-state index is 11.2. The van der Waals surface area contributed by atoms with Crippen molar-refractivity contribution in [1.82, 2.24) is 0 Å². The Morgan fingerprint density at radius 3 is 1.92 bits per heavy atom. The first kappa shape index (κ1) is 23.3. The first-order chi connectivity index (χ1) is 12.0. The second kappa shape index (κ2) is 10.6. The highest BCUT2D eigenvalue weighted by atomic mass is 32.2. The van der Waals surface area contributed by atoms with Crippen molar-refractivity contribution in [2.75, 3.05) is 0 Å². The molecule has 8 heteroatoms. The Labute approximate surface area is 156 Å². The van der Waals surface area contributed by atoms with Gasteiger partial charge in [0.05, 0.1) is 0 Å². The lowest BCUT2D eigenvalue weighted by Gasteiger charge is -2.16. The van der Waals surface area contributed by atoms with Crippen LogP contribution in [0.4, 0.5) is 0 Å². The van der Waals surface area contributed by atoms with Gasteiger partial charge in [0.15, 0.2) is 4.99 Å². The minimum atomic E-state index is -4.86. The number of hydrogen-bond donors (Lipinski definition) is 3. The number of hydrogen-bond acceptors (Lipinski definition) is 3. The fourth-order valence-corrected chi connectivity index (χ4v) is 5.39. The molecule has 3 N–H and O–H groups in total. The minimum absolute atomic E-state index is 0.227. The van der Waals surface area contributed by atoms with E-state index in [0.29, 0.717) is 18.8 Å². The molecule has 0 aliphatic heterocycles. The maximum absolute atomic E-state index is 11.2.